The first kappa shape index (κ1) is 18.7. The third-order valence-corrected chi connectivity index (χ3v) is 4.37. The topological polar surface area (TPSA) is 68.5 Å². The Hall–Kier alpha value is -3.08. The van der Waals surface area contributed by atoms with Crippen LogP contribution in [0.2, 0.25) is 0 Å². The molecule has 1 heterocycles. The summed E-state index contributed by atoms with van der Waals surface area (Å²) in [6, 6.07) is 13.4. The summed E-state index contributed by atoms with van der Waals surface area (Å²) < 4.78 is 10.6. The number of aryl methyl sites for hydroxylation is 1. The molecule has 1 aromatic heterocycles. The SMILES string of the molecule is Cc1ccc2c(CC(=O)OCC(=O)Nc3ccccc3C(C)C)coc2c1. The summed E-state index contributed by atoms with van der Waals surface area (Å²) in [5.74, 6) is -0.545. The molecule has 0 unspecified atom stereocenters. The minimum absolute atomic E-state index is 0.0614. The molecule has 0 aliphatic rings. The van der Waals surface area contributed by atoms with Crippen molar-refractivity contribution in [3.63, 3.8) is 0 Å². The van der Waals surface area contributed by atoms with E-state index in [1.165, 1.54) is 0 Å². The second-order valence-corrected chi connectivity index (χ2v) is 6.89. The second kappa shape index (κ2) is 8.08. The summed E-state index contributed by atoms with van der Waals surface area (Å²) in [7, 11) is 0. The minimum Gasteiger partial charge on any atom is -0.464 e. The number of hydrogen-bond donors (Lipinski definition) is 1. The first-order chi connectivity index (χ1) is 12.9. The van der Waals surface area contributed by atoms with Gasteiger partial charge in [-0.2, -0.15) is 0 Å². The molecule has 1 N–H and O–H groups in total. The standard InChI is InChI=1S/C22H23NO4/c1-14(2)17-6-4-5-7-19(17)23-21(24)13-27-22(25)11-16-12-26-20-10-15(3)8-9-18(16)20/h4-10,12,14H,11,13H2,1-3H3,(H,23,24). The van der Waals surface area contributed by atoms with Gasteiger partial charge in [0.05, 0.1) is 12.7 Å². The van der Waals surface area contributed by atoms with Crippen LogP contribution in [0.15, 0.2) is 53.1 Å². The van der Waals surface area contributed by atoms with Gasteiger partial charge in [0.15, 0.2) is 6.61 Å². The summed E-state index contributed by atoms with van der Waals surface area (Å²) in [5.41, 5.74) is 4.35. The van der Waals surface area contributed by atoms with Gasteiger partial charge in [-0.05, 0) is 36.1 Å². The number of anilines is 1. The summed E-state index contributed by atoms with van der Waals surface area (Å²) in [6.45, 7) is 5.77. The lowest BCUT2D eigenvalue weighted by atomic mass is 10.0. The van der Waals surface area contributed by atoms with E-state index in [1.54, 1.807) is 6.26 Å². The highest BCUT2D eigenvalue weighted by Gasteiger charge is 2.14. The van der Waals surface area contributed by atoms with Gasteiger partial charge in [0, 0.05) is 16.6 Å². The van der Waals surface area contributed by atoms with Crippen LogP contribution >= 0.6 is 0 Å². The lowest BCUT2D eigenvalue weighted by Crippen LogP contribution is -2.22. The Kier molecular flexibility index (Phi) is 5.60. The van der Waals surface area contributed by atoms with E-state index >= 15 is 0 Å². The Balaban J connectivity index is 1.56. The van der Waals surface area contributed by atoms with Crippen LogP contribution in [0.5, 0.6) is 0 Å². The van der Waals surface area contributed by atoms with Crippen molar-refractivity contribution in [3.8, 4) is 0 Å². The number of ether oxygens (including phenoxy) is 1. The number of nitrogens with one attached hydrogen (secondary N) is 1. The van der Waals surface area contributed by atoms with Crippen molar-refractivity contribution in [2.45, 2.75) is 33.1 Å². The average molecular weight is 365 g/mol. The molecule has 5 nitrogen and oxygen atoms in total. The first-order valence-electron chi connectivity index (χ1n) is 8.95. The Morgan fingerprint density at radius 2 is 1.93 bits per heavy atom. The van der Waals surface area contributed by atoms with Gasteiger partial charge < -0.3 is 14.5 Å². The molecule has 0 saturated carbocycles. The number of para-hydroxylation sites is 1. The van der Waals surface area contributed by atoms with Gasteiger partial charge in [0.1, 0.15) is 5.58 Å². The molecule has 0 bridgehead atoms. The van der Waals surface area contributed by atoms with E-state index in [4.69, 9.17) is 9.15 Å². The number of benzene rings is 2. The molecule has 0 fully saturated rings. The highest BCUT2D eigenvalue weighted by molar-refractivity contribution is 5.94. The molecular formula is C22H23NO4. The minimum atomic E-state index is -0.467. The van der Waals surface area contributed by atoms with E-state index in [0.717, 1.165) is 33.3 Å². The number of rotatable bonds is 6. The zero-order valence-corrected chi connectivity index (χ0v) is 15.7. The van der Waals surface area contributed by atoms with Crippen molar-refractivity contribution in [1.29, 1.82) is 0 Å². The number of amides is 1. The van der Waals surface area contributed by atoms with Crippen molar-refractivity contribution >= 4 is 28.5 Å². The van der Waals surface area contributed by atoms with E-state index in [2.05, 4.69) is 19.2 Å². The predicted molar refractivity (Wildman–Crippen MR) is 105 cm³/mol. The van der Waals surface area contributed by atoms with E-state index in [9.17, 15) is 9.59 Å². The lowest BCUT2D eigenvalue weighted by Gasteiger charge is -2.13. The molecule has 0 aliphatic carbocycles. The lowest BCUT2D eigenvalue weighted by molar-refractivity contribution is -0.146. The van der Waals surface area contributed by atoms with Gasteiger partial charge >= 0.3 is 5.97 Å². The molecule has 0 atom stereocenters. The highest BCUT2D eigenvalue weighted by atomic mass is 16.5. The molecule has 3 aromatic rings. The van der Waals surface area contributed by atoms with Gasteiger partial charge in [-0.3, -0.25) is 9.59 Å². The fourth-order valence-corrected chi connectivity index (χ4v) is 2.98. The molecule has 0 radical (unpaired) electrons. The van der Waals surface area contributed by atoms with Crippen LogP contribution in [0, 0.1) is 6.92 Å². The Bertz CT molecular complexity index is 971. The molecule has 0 aliphatic heterocycles. The van der Waals surface area contributed by atoms with E-state index < -0.39 is 5.97 Å². The fraction of sp³-hybridized carbons (Fsp3) is 0.273. The normalized spacial score (nSPS) is 11.0. The molecule has 140 valence electrons. The number of hydrogen-bond acceptors (Lipinski definition) is 4. The summed E-state index contributed by atoms with van der Waals surface area (Å²) in [4.78, 5) is 24.2. The first-order valence-corrected chi connectivity index (χ1v) is 8.95. The van der Waals surface area contributed by atoms with Crippen LogP contribution < -0.4 is 5.32 Å². The molecule has 5 heteroatoms. The molecule has 3 rings (SSSR count). The molecule has 1 amide bonds. The smallest absolute Gasteiger partial charge is 0.310 e. The average Bonchev–Trinajstić information content (AvgIpc) is 3.02. The number of carbonyl (C=O) groups is 2. The number of carbonyl (C=O) groups excluding carboxylic acids is 2. The monoisotopic (exact) mass is 365 g/mol. The third-order valence-electron chi connectivity index (χ3n) is 4.37. The van der Waals surface area contributed by atoms with E-state index in [1.807, 2.05) is 49.4 Å². The molecule has 27 heavy (non-hydrogen) atoms. The molecule has 0 saturated heterocycles. The predicted octanol–water partition coefficient (Wildman–Crippen LogP) is 4.59. The molecule has 0 spiro atoms. The van der Waals surface area contributed by atoms with Crippen LogP contribution in [-0.2, 0) is 20.7 Å². The maximum atomic E-state index is 12.1. The second-order valence-electron chi connectivity index (χ2n) is 6.89. The number of furan rings is 1. The Morgan fingerprint density at radius 3 is 2.70 bits per heavy atom. The zero-order valence-electron chi connectivity index (χ0n) is 15.7. The summed E-state index contributed by atoms with van der Waals surface area (Å²) >= 11 is 0. The van der Waals surface area contributed by atoms with E-state index in [0.29, 0.717) is 0 Å². The highest BCUT2D eigenvalue weighted by Crippen LogP contribution is 2.24. The zero-order chi connectivity index (χ0) is 19.4. The Morgan fingerprint density at radius 1 is 1.15 bits per heavy atom. The van der Waals surface area contributed by atoms with Gasteiger partial charge in [0.25, 0.3) is 5.91 Å². The summed E-state index contributed by atoms with van der Waals surface area (Å²) in [5, 5.41) is 3.69. The number of esters is 1. The quantitative estimate of drug-likeness (QED) is 0.649. The van der Waals surface area contributed by atoms with Crippen molar-refractivity contribution in [2.75, 3.05) is 11.9 Å². The fourth-order valence-electron chi connectivity index (χ4n) is 2.98. The van der Waals surface area contributed by atoms with Gasteiger partial charge in [0.2, 0.25) is 0 Å². The maximum Gasteiger partial charge on any atom is 0.310 e. The maximum absolute atomic E-state index is 12.1. The third kappa shape index (κ3) is 4.56. The van der Waals surface area contributed by atoms with Gasteiger partial charge in [-0.1, -0.05) is 44.2 Å². The molecule has 2 aromatic carbocycles. The molecular weight excluding hydrogens is 342 g/mol. The van der Waals surface area contributed by atoms with Crippen LogP contribution in [0.25, 0.3) is 11.0 Å². The summed E-state index contributed by atoms with van der Waals surface area (Å²) in [6.07, 6.45) is 1.62. The van der Waals surface area contributed by atoms with Gasteiger partial charge in [-0.15, -0.1) is 0 Å². The van der Waals surface area contributed by atoms with Crippen molar-refractivity contribution in [1.82, 2.24) is 0 Å². The van der Waals surface area contributed by atoms with Crippen LogP contribution in [0.3, 0.4) is 0 Å². The van der Waals surface area contributed by atoms with Crippen molar-refractivity contribution < 1.29 is 18.7 Å². The largest absolute Gasteiger partial charge is 0.464 e. The van der Waals surface area contributed by atoms with Crippen LogP contribution in [0.1, 0.15) is 36.5 Å². The van der Waals surface area contributed by atoms with Gasteiger partial charge in [-0.25, -0.2) is 0 Å². The van der Waals surface area contributed by atoms with Crippen LogP contribution in [0.4, 0.5) is 5.69 Å². The van der Waals surface area contributed by atoms with Crippen LogP contribution in [-0.4, -0.2) is 18.5 Å². The number of fused-ring (bicyclic) bond motifs is 1. The van der Waals surface area contributed by atoms with E-state index in [-0.39, 0.29) is 24.9 Å². The Labute approximate surface area is 158 Å². The van der Waals surface area contributed by atoms with Crippen molar-refractivity contribution in [3.05, 3.63) is 65.4 Å². The van der Waals surface area contributed by atoms with Crippen molar-refractivity contribution in [2.24, 2.45) is 0 Å².